The molecule has 1 fully saturated rings. The predicted molar refractivity (Wildman–Crippen MR) is 132 cm³/mol. The summed E-state index contributed by atoms with van der Waals surface area (Å²) in [5.74, 6) is -4.79. The summed E-state index contributed by atoms with van der Waals surface area (Å²) in [4.78, 5) is 59.9. The lowest BCUT2D eigenvalue weighted by molar-refractivity contribution is -0.166. The molecule has 4 atom stereocenters. The highest BCUT2D eigenvalue weighted by Gasteiger charge is 2.51. The molecule has 0 aromatic carbocycles. The van der Waals surface area contributed by atoms with Crippen LogP contribution in [0.4, 0.5) is 32.2 Å². The number of carbonyl (C=O) groups is 4. The van der Waals surface area contributed by atoms with Crippen molar-refractivity contribution in [1.29, 1.82) is 0 Å². The van der Waals surface area contributed by atoms with Gasteiger partial charge in [-0.1, -0.05) is 11.8 Å². The number of esters is 3. The minimum absolute atomic E-state index is 0.236. The summed E-state index contributed by atoms with van der Waals surface area (Å²) in [5, 5.41) is -0.433. The van der Waals surface area contributed by atoms with Crippen LogP contribution in [0.3, 0.4) is 0 Å². The number of hydrogen-bond acceptors (Lipinski definition) is 12. The topological polar surface area (TPSA) is 152 Å². The smallest absolute Gasteiger partial charge is 0.406 e. The SMILES string of the molecule is CC(=O)OC[C@H]1O[C@@H](n2cnc3c(N(CC(F)(F)F)C(C)=O)nc(SCCC(F)(F)F)nc32)[C@H](OC(C)=O)[C@@H]1OC(C)=O. The van der Waals surface area contributed by atoms with Crippen molar-refractivity contribution >= 4 is 52.6 Å². The number of alkyl halides is 6. The van der Waals surface area contributed by atoms with Crippen molar-refractivity contribution in [2.24, 2.45) is 0 Å². The van der Waals surface area contributed by atoms with Gasteiger partial charge < -0.3 is 18.9 Å². The molecule has 0 unspecified atom stereocenters. The minimum Gasteiger partial charge on any atom is -0.463 e. The number of aromatic nitrogens is 4. The lowest BCUT2D eigenvalue weighted by Crippen LogP contribution is -2.40. The van der Waals surface area contributed by atoms with Gasteiger partial charge in [0.1, 0.15) is 19.3 Å². The number of halogens is 6. The van der Waals surface area contributed by atoms with Crippen molar-refractivity contribution in [1.82, 2.24) is 19.5 Å². The van der Waals surface area contributed by atoms with Gasteiger partial charge in [0.2, 0.25) is 5.91 Å². The summed E-state index contributed by atoms with van der Waals surface area (Å²) in [5.41, 5.74) is -0.693. The third-order valence-electron chi connectivity index (χ3n) is 5.59. The third kappa shape index (κ3) is 9.15. The summed E-state index contributed by atoms with van der Waals surface area (Å²) in [6, 6.07) is 0. The minimum atomic E-state index is -4.90. The number of anilines is 1. The molecule has 0 saturated carbocycles. The molecule has 0 radical (unpaired) electrons. The van der Waals surface area contributed by atoms with Crippen LogP contribution in [0.1, 0.15) is 40.3 Å². The first kappa shape index (κ1) is 33.8. The van der Waals surface area contributed by atoms with E-state index in [2.05, 4.69) is 15.0 Å². The number of carbonyl (C=O) groups excluding carboxylic acids is 4. The number of amides is 1. The molecule has 3 heterocycles. The van der Waals surface area contributed by atoms with Gasteiger partial charge in [-0.05, 0) is 0 Å². The van der Waals surface area contributed by atoms with Crippen LogP contribution in [-0.2, 0) is 38.1 Å². The zero-order valence-electron chi connectivity index (χ0n) is 22.9. The second kappa shape index (κ2) is 13.3. The Labute approximate surface area is 243 Å². The highest BCUT2D eigenvalue weighted by Crippen LogP contribution is 2.38. The van der Waals surface area contributed by atoms with Crippen molar-refractivity contribution in [3.8, 4) is 0 Å². The van der Waals surface area contributed by atoms with Crippen LogP contribution in [0.15, 0.2) is 11.5 Å². The molecule has 20 heteroatoms. The summed E-state index contributed by atoms with van der Waals surface area (Å²) in [6.07, 6.45) is -15.2. The van der Waals surface area contributed by atoms with Gasteiger partial charge in [-0.2, -0.15) is 26.3 Å². The van der Waals surface area contributed by atoms with Crippen LogP contribution in [0.25, 0.3) is 11.2 Å². The first-order valence-corrected chi connectivity index (χ1v) is 13.3. The summed E-state index contributed by atoms with van der Waals surface area (Å²) in [6.45, 7) is 1.73. The van der Waals surface area contributed by atoms with Crippen LogP contribution in [0.2, 0.25) is 0 Å². The Morgan fingerprint density at radius 2 is 1.58 bits per heavy atom. The van der Waals surface area contributed by atoms with E-state index in [0.717, 1.165) is 38.6 Å². The van der Waals surface area contributed by atoms with Gasteiger partial charge in [0, 0.05) is 33.4 Å². The third-order valence-corrected chi connectivity index (χ3v) is 6.44. The predicted octanol–water partition coefficient (Wildman–Crippen LogP) is 3.11. The van der Waals surface area contributed by atoms with Crippen LogP contribution in [0, 0.1) is 0 Å². The van der Waals surface area contributed by atoms with Crippen molar-refractivity contribution in [2.75, 3.05) is 23.8 Å². The number of hydrogen-bond donors (Lipinski definition) is 0. The fourth-order valence-corrected chi connectivity index (χ4v) is 4.83. The first-order chi connectivity index (χ1) is 19.9. The van der Waals surface area contributed by atoms with E-state index in [4.69, 9.17) is 18.9 Å². The van der Waals surface area contributed by atoms with E-state index in [0.29, 0.717) is 11.8 Å². The average molecular weight is 646 g/mol. The van der Waals surface area contributed by atoms with Gasteiger partial charge in [0.15, 0.2) is 40.6 Å². The second-order valence-corrected chi connectivity index (χ2v) is 10.2. The molecule has 43 heavy (non-hydrogen) atoms. The number of rotatable bonds is 10. The molecule has 1 aliphatic rings. The highest BCUT2D eigenvalue weighted by molar-refractivity contribution is 7.99. The number of thioether (sulfide) groups is 1. The summed E-state index contributed by atoms with van der Waals surface area (Å²) >= 11 is 0.455. The lowest BCUT2D eigenvalue weighted by Gasteiger charge is -2.24. The molecule has 1 aliphatic heterocycles. The van der Waals surface area contributed by atoms with Crippen LogP contribution < -0.4 is 4.90 Å². The van der Waals surface area contributed by atoms with Crippen LogP contribution >= 0.6 is 11.8 Å². The Morgan fingerprint density at radius 3 is 2.12 bits per heavy atom. The molecule has 0 N–H and O–H groups in total. The van der Waals surface area contributed by atoms with Crippen molar-refractivity contribution in [3.05, 3.63) is 6.33 Å². The van der Waals surface area contributed by atoms with Gasteiger partial charge in [0.25, 0.3) is 0 Å². The van der Waals surface area contributed by atoms with Gasteiger partial charge in [0.05, 0.1) is 12.7 Å². The number of fused-ring (bicyclic) bond motifs is 1. The Hall–Kier alpha value is -3.68. The molecule has 238 valence electrons. The van der Waals surface area contributed by atoms with Crippen molar-refractivity contribution < 1.29 is 64.5 Å². The molecule has 0 aliphatic carbocycles. The quantitative estimate of drug-likeness (QED) is 0.123. The molecule has 0 bridgehead atoms. The van der Waals surface area contributed by atoms with E-state index in [-0.39, 0.29) is 16.1 Å². The molecule has 13 nitrogen and oxygen atoms in total. The molecule has 0 spiro atoms. The molecule has 1 saturated heterocycles. The molecule has 2 aromatic rings. The van der Waals surface area contributed by atoms with Gasteiger partial charge in [-0.15, -0.1) is 0 Å². The number of nitrogens with zero attached hydrogens (tertiary/aromatic N) is 5. The highest BCUT2D eigenvalue weighted by atomic mass is 32.2. The zero-order valence-corrected chi connectivity index (χ0v) is 23.7. The largest absolute Gasteiger partial charge is 0.463 e. The van der Waals surface area contributed by atoms with E-state index in [9.17, 15) is 45.5 Å². The molecule has 2 aromatic heterocycles. The van der Waals surface area contributed by atoms with Gasteiger partial charge in [-0.3, -0.25) is 28.6 Å². The van der Waals surface area contributed by atoms with Gasteiger partial charge >= 0.3 is 30.3 Å². The van der Waals surface area contributed by atoms with Crippen molar-refractivity contribution in [2.45, 2.75) is 76.2 Å². The van der Waals surface area contributed by atoms with Crippen LogP contribution in [-0.4, -0.2) is 92.9 Å². The molecule has 3 rings (SSSR count). The maximum Gasteiger partial charge on any atom is 0.406 e. The number of imidazole rings is 1. The van der Waals surface area contributed by atoms with E-state index < -0.39 is 97.0 Å². The monoisotopic (exact) mass is 645 g/mol. The zero-order chi connectivity index (χ0) is 32.3. The Kier molecular flexibility index (Phi) is 10.5. The second-order valence-electron chi connectivity index (χ2n) is 9.10. The summed E-state index contributed by atoms with van der Waals surface area (Å²) in [7, 11) is 0. The maximum atomic E-state index is 13.4. The van der Waals surface area contributed by atoms with Crippen molar-refractivity contribution in [3.63, 3.8) is 0 Å². The fraction of sp³-hybridized carbons (Fsp3) is 0.609. The first-order valence-electron chi connectivity index (χ1n) is 12.3. The van der Waals surface area contributed by atoms with Gasteiger partial charge in [-0.25, -0.2) is 15.0 Å². The Balaban J connectivity index is 2.18. The molecule has 1 amide bonds. The normalized spacial score (nSPS) is 20.6. The van der Waals surface area contributed by atoms with E-state index >= 15 is 0 Å². The standard InChI is InChI=1S/C23H25F6N5O8S/c1-10(35)33(8-23(27,28)29)18-15-19(32-21(31-18)43-6-5-22(24,25)26)34(9-30-15)20-17(41-13(4)38)16(40-12(3)37)14(42-20)7-39-11(2)36/h9,14,16-17,20H,5-8H2,1-4H3/t14-,16-,17-,20-/m1/s1. The van der Waals surface area contributed by atoms with Crippen LogP contribution in [0.5, 0.6) is 0 Å². The molecular formula is C23H25F6N5O8S. The molecular weight excluding hydrogens is 620 g/mol. The lowest BCUT2D eigenvalue weighted by atomic mass is 10.1. The van der Waals surface area contributed by atoms with E-state index in [1.807, 2.05) is 0 Å². The Morgan fingerprint density at radius 1 is 0.953 bits per heavy atom. The number of ether oxygens (including phenoxy) is 4. The van der Waals surface area contributed by atoms with E-state index in [1.54, 1.807) is 0 Å². The van der Waals surface area contributed by atoms with E-state index in [1.165, 1.54) is 0 Å². The maximum absolute atomic E-state index is 13.4. The summed E-state index contributed by atoms with van der Waals surface area (Å²) < 4.78 is 101. The fourth-order valence-electron chi connectivity index (χ4n) is 4.01. The average Bonchev–Trinajstić information content (AvgIpc) is 3.40. The Bertz CT molecular complexity index is 1370.